The molecular formula is C24H17NS. The van der Waals surface area contributed by atoms with Gasteiger partial charge in [-0.2, -0.15) is 0 Å². The fourth-order valence-corrected chi connectivity index (χ4v) is 4.64. The zero-order chi connectivity index (χ0) is 17.3. The maximum Gasteiger partial charge on any atom is 0.0464 e. The van der Waals surface area contributed by atoms with E-state index in [-0.39, 0.29) is 0 Å². The topological polar surface area (TPSA) is 12.0 Å². The first-order valence-corrected chi connectivity index (χ1v) is 9.53. The maximum absolute atomic E-state index is 3.58. The van der Waals surface area contributed by atoms with Crippen molar-refractivity contribution in [3.63, 3.8) is 0 Å². The molecule has 26 heavy (non-hydrogen) atoms. The maximum atomic E-state index is 3.58. The van der Waals surface area contributed by atoms with E-state index in [0.717, 1.165) is 11.4 Å². The number of thiophene rings is 1. The second kappa shape index (κ2) is 6.32. The third-order valence-electron chi connectivity index (χ3n) is 4.67. The third-order valence-corrected chi connectivity index (χ3v) is 5.81. The van der Waals surface area contributed by atoms with Crippen molar-refractivity contribution >= 4 is 42.9 Å². The average Bonchev–Trinajstić information content (AvgIpc) is 3.08. The zero-order valence-corrected chi connectivity index (χ0v) is 15.0. The van der Waals surface area contributed by atoms with Crippen molar-refractivity contribution in [1.82, 2.24) is 0 Å². The molecule has 0 aliphatic carbocycles. The Morgan fingerprint density at radius 1 is 0.538 bits per heavy atom. The van der Waals surface area contributed by atoms with Gasteiger partial charge < -0.3 is 5.32 Å². The molecule has 0 saturated carbocycles. The lowest BCUT2D eigenvalue weighted by molar-refractivity contribution is 1.54. The Hall–Kier alpha value is -3.10. The molecule has 0 radical (unpaired) electrons. The Labute approximate surface area is 156 Å². The predicted octanol–water partition coefficient (Wildman–Crippen LogP) is 7.47. The summed E-state index contributed by atoms with van der Waals surface area (Å²) in [6, 6.07) is 34.2. The molecule has 5 aromatic rings. The van der Waals surface area contributed by atoms with E-state index in [1.807, 2.05) is 17.4 Å². The smallest absolute Gasteiger partial charge is 0.0464 e. The van der Waals surface area contributed by atoms with Gasteiger partial charge in [0.05, 0.1) is 0 Å². The molecule has 0 spiro atoms. The number of fused-ring (bicyclic) bond motifs is 3. The SMILES string of the molecule is c1ccc(Nc2ccccc2-c2cccc3sc4ccccc4c23)cc1. The van der Waals surface area contributed by atoms with Gasteiger partial charge in [0.1, 0.15) is 0 Å². The number of nitrogens with one attached hydrogen (secondary N) is 1. The van der Waals surface area contributed by atoms with Gasteiger partial charge in [-0.1, -0.05) is 66.7 Å². The standard InChI is InChI=1S/C24H17NS/c1-2-9-17(10-3-1)25-21-14-6-4-11-18(21)19-13-8-16-23-24(19)20-12-5-7-15-22(20)26-23/h1-16,25H. The van der Waals surface area contributed by atoms with Gasteiger partial charge in [-0.3, -0.25) is 0 Å². The zero-order valence-electron chi connectivity index (χ0n) is 14.1. The summed E-state index contributed by atoms with van der Waals surface area (Å²) in [7, 11) is 0. The summed E-state index contributed by atoms with van der Waals surface area (Å²) in [5, 5.41) is 6.25. The van der Waals surface area contributed by atoms with Crippen LogP contribution in [0.15, 0.2) is 97.1 Å². The molecule has 4 aromatic carbocycles. The molecule has 1 heterocycles. The van der Waals surface area contributed by atoms with Crippen molar-refractivity contribution in [3.8, 4) is 11.1 Å². The van der Waals surface area contributed by atoms with Crippen LogP contribution in [-0.2, 0) is 0 Å². The first-order chi connectivity index (χ1) is 12.9. The lowest BCUT2D eigenvalue weighted by atomic mass is 9.98. The van der Waals surface area contributed by atoms with Crippen LogP contribution in [0.1, 0.15) is 0 Å². The molecule has 0 atom stereocenters. The lowest BCUT2D eigenvalue weighted by Gasteiger charge is -2.13. The van der Waals surface area contributed by atoms with E-state index in [0.29, 0.717) is 0 Å². The highest BCUT2D eigenvalue weighted by Crippen LogP contribution is 2.42. The summed E-state index contributed by atoms with van der Waals surface area (Å²) in [5.41, 5.74) is 4.73. The normalized spacial score (nSPS) is 11.1. The highest BCUT2D eigenvalue weighted by atomic mass is 32.1. The first-order valence-electron chi connectivity index (χ1n) is 8.72. The third kappa shape index (κ3) is 2.56. The van der Waals surface area contributed by atoms with Gasteiger partial charge >= 0.3 is 0 Å². The first kappa shape index (κ1) is 15.2. The fraction of sp³-hybridized carbons (Fsp3) is 0. The van der Waals surface area contributed by atoms with Crippen molar-refractivity contribution in [2.45, 2.75) is 0 Å². The van der Waals surface area contributed by atoms with E-state index in [2.05, 4.69) is 96.3 Å². The largest absolute Gasteiger partial charge is 0.355 e. The van der Waals surface area contributed by atoms with Crippen LogP contribution in [0.2, 0.25) is 0 Å². The van der Waals surface area contributed by atoms with Gasteiger partial charge in [-0.15, -0.1) is 11.3 Å². The van der Waals surface area contributed by atoms with E-state index in [1.54, 1.807) is 0 Å². The lowest BCUT2D eigenvalue weighted by Crippen LogP contribution is -1.93. The number of para-hydroxylation sites is 2. The predicted molar refractivity (Wildman–Crippen MR) is 114 cm³/mol. The molecular weight excluding hydrogens is 334 g/mol. The van der Waals surface area contributed by atoms with Crippen LogP contribution in [-0.4, -0.2) is 0 Å². The molecule has 1 N–H and O–H groups in total. The summed E-state index contributed by atoms with van der Waals surface area (Å²) in [6.07, 6.45) is 0. The summed E-state index contributed by atoms with van der Waals surface area (Å²) in [4.78, 5) is 0. The monoisotopic (exact) mass is 351 g/mol. The highest BCUT2D eigenvalue weighted by molar-refractivity contribution is 7.25. The van der Waals surface area contributed by atoms with E-state index < -0.39 is 0 Å². The van der Waals surface area contributed by atoms with Crippen molar-refractivity contribution in [3.05, 3.63) is 97.1 Å². The molecule has 2 heteroatoms. The molecule has 0 aliphatic rings. The Kier molecular flexibility index (Phi) is 3.69. The van der Waals surface area contributed by atoms with Crippen LogP contribution in [0.4, 0.5) is 11.4 Å². The molecule has 0 fully saturated rings. The number of rotatable bonds is 3. The van der Waals surface area contributed by atoms with Crippen LogP contribution in [0, 0.1) is 0 Å². The molecule has 5 rings (SSSR count). The molecule has 124 valence electrons. The van der Waals surface area contributed by atoms with Crippen LogP contribution in [0.5, 0.6) is 0 Å². The quantitative estimate of drug-likeness (QED) is 0.355. The van der Waals surface area contributed by atoms with Crippen molar-refractivity contribution in [1.29, 1.82) is 0 Å². The van der Waals surface area contributed by atoms with Gasteiger partial charge in [-0.05, 0) is 35.9 Å². The van der Waals surface area contributed by atoms with Crippen molar-refractivity contribution in [2.75, 3.05) is 5.32 Å². The summed E-state index contributed by atoms with van der Waals surface area (Å²) >= 11 is 1.86. The van der Waals surface area contributed by atoms with Gasteiger partial charge in [0.2, 0.25) is 0 Å². The van der Waals surface area contributed by atoms with Crippen LogP contribution >= 0.6 is 11.3 Å². The Morgan fingerprint density at radius 3 is 2.15 bits per heavy atom. The minimum Gasteiger partial charge on any atom is -0.355 e. The minimum atomic E-state index is 1.10. The minimum absolute atomic E-state index is 1.10. The van der Waals surface area contributed by atoms with Crippen molar-refractivity contribution < 1.29 is 0 Å². The van der Waals surface area contributed by atoms with Crippen LogP contribution in [0.25, 0.3) is 31.3 Å². The molecule has 0 aliphatic heterocycles. The number of benzene rings is 4. The Bertz CT molecular complexity index is 1200. The van der Waals surface area contributed by atoms with Gasteiger partial charge in [0.25, 0.3) is 0 Å². The van der Waals surface area contributed by atoms with E-state index >= 15 is 0 Å². The fourth-order valence-electron chi connectivity index (χ4n) is 3.50. The van der Waals surface area contributed by atoms with Crippen molar-refractivity contribution in [2.24, 2.45) is 0 Å². The van der Waals surface area contributed by atoms with Crippen LogP contribution < -0.4 is 5.32 Å². The summed E-state index contributed by atoms with van der Waals surface area (Å²) in [5.74, 6) is 0. The molecule has 1 nitrogen and oxygen atoms in total. The number of hydrogen-bond acceptors (Lipinski definition) is 2. The van der Waals surface area contributed by atoms with E-state index in [1.165, 1.54) is 31.3 Å². The summed E-state index contributed by atoms with van der Waals surface area (Å²) in [6.45, 7) is 0. The molecule has 0 unspecified atom stereocenters. The molecule has 0 bridgehead atoms. The summed E-state index contributed by atoms with van der Waals surface area (Å²) < 4.78 is 2.67. The molecule has 0 saturated heterocycles. The second-order valence-corrected chi connectivity index (χ2v) is 7.40. The Morgan fingerprint density at radius 2 is 1.23 bits per heavy atom. The molecule has 1 aromatic heterocycles. The van der Waals surface area contributed by atoms with Gasteiger partial charge in [0, 0.05) is 37.1 Å². The van der Waals surface area contributed by atoms with Crippen LogP contribution in [0.3, 0.4) is 0 Å². The van der Waals surface area contributed by atoms with Gasteiger partial charge in [-0.25, -0.2) is 0 Å². The number of anilines is 2. The van der Waals surface area contributed by atoms with E-state index in [9.17, 15) is 0 Å². The van der Waals surface area contributed by atoms with Gasteiger partial charge in [0.15, 0.2) is 0 Å². The molecule has 0 amide bonds. The second-order valence-electron chi connectivity index (χ2n) is 6.31. The average molecular weight is 351 g/mol. The Balaban J connectivity index is 1.74. The van der Waals surface area contributed by atoms with E-state index in [4.69, 9.17) is 0 Å². The highest BCUT2D eigenvalue weighted by Gasteiger charge is 2.13. The number of hydrogen-bond donors (Lipinski definition) is 1.